The first kappa shape index (κ1) is 20.1. The van der Waals surface area contributed by atoms with Crippen molar-refractivity contribution in [1.29, 1.82) is 0 Å². The Hall–Kier alpha value is -1.91. The van der Waals surface area contributed by atoms with E-state index in [-0.39, 0.29) is 0 Å². The minimum atomic E-state index is -0.937. The topological polar surface area (TPSA) is 58.6 Å². The van der Waals surface area contributed by atoms with E-state index in [0.29, 0.717) is 6.42 Å². The lowest BCUT2D eigenvalue weighted by Crippen LogP contribution is -2.29. The summed E-state index contributed by atoms with van der Waals surface area (Å²) in [6.07, 6.45) is 12.7. The highest BCUT2D eigenvalue weighted by molar-refractivity contribution is 5.74. The number of nitrogens with one attached hydrogen (secondary N) is 1. The third-order valence-corrected chi connectivity index (χ3v) is 3.12. The van der Waals surface area contributed by atoms with Gasteiger partial charge in [0.2, 0.25) is 0 Å². The molecule has 2 unspecified atom stereocenters. The van der Waals surface area contributed by atoms with E-state index in [1.807, 2.05) is 32.1 Å². The van der Waals surface area contributed by atoms with Crippen LogP contribution >= 0.6 is 0 Å². The molecule has 0 radical (unpaired) electrons. The first-order chi connectivity index (χ1) is 10.6. The van der Waals surface area contributed by atoms with Crippen molar-refractivity contribution in [3.05, 3.63) is 61.8 Å². The van der Waals surface area contributed by atoms with E-state index >= 15 is 0 Å². The standard InChI is InChI=1S/C16H21NO3.C2H6/c1-4-7-8-9-11-16(13(6-3)10-5-2)12-14(15(18)19)17-20-16;1-2/h4-6,9-11,14,17H,1-3,7-8,12H2,(H,18,19);1-2H3/b11-9+,13-10+;. The summed E-state index contributed by atoms with van der Waals surface area (Å²) < 4.78 is 0. The molecule has 0 bridgehead atoms. The van der Waals surface area contributed by atoms with Crippen molar-refractivity contribution in [2.75, 3.05) is 0 Å². The van der Waals surface area contributed by atoms with Crippen molar-refractivity contribution in [3.8, 4) is 0 Å². The quantitative estimate of drug-likeness (QED) is 0.405. The number of carbonyl (C=O) groups is 1. The van der Waals surface area contributed by atoms with Gasteiger partial charge in [-0.15, -0.1) is 6.58 Å². The van der Waals surface area contributed by atoms with Crippen LogP contribution in [0.25, 0.3) is 0 Å². The van der Waals surface area contributed by atoms with Crippen molar-refractivity contribution in [3.63, 3.8) is 0 Å². The second kappa shape index (κ2) is 10.8. The number of carboxylic acid groups (broad SMARTS) is 1. The molecule has 22 heavy (non-hydrogen) atoms. The molecule has 0 aliphatic carbocycles. The van der Waals surface area contributed by atoms with Crippen LogP contribution in [0, 0.1) is 0 Å². The molecule has 122 valence electrons. The molecule has 0 saturated carbocycles. The van der Waals surface area contributed by atoms with Crippen LogP contribution in [0.3, 0.4) is 0 Å². The summed E-state index contributed by atoms with van der Waals surface area (Å²) in [7, 11) is 0. The average molecular weight is 305 g/mol. The maximum absolute atomic E-state index is 11.1. The maximum atomic E-state index is 11.1. The Bertz CT molecular complexity index is 451. The zero-order valence-electron chi connectivity index (χ0n) is 13.5. The van der Waals surface area contributed by atoms with Gasteiger partial charge in [0.15, 0.2) is 0 Å². The van der Waals surface area contributed by atoms with Gasteiger partial charge in [-0.2, -0.15) is 5.48 Å². The molecule has 4 nitrogen and oxygen atoms in total. The van der Waals surface area contributed by atoms with Gasteiger partial charge in [0.1, 0.15) is 11.6 Å². The molecular weight excluding hydrogens is 278 g/mol. The van der Waals surface area contributed by atoms with Gasteiger partial charge in [0.05, 0.1) is 0 Å². The molecule has 1 aliphatic heterocycles. The first-order valence-corrected chi connectivity index (χ1v) is 7.50. The van der Waals surface area contributed by atoms with Gasteiger partial charge in [-0.25, -0.2) is 0 Å². The average Bonchev–Trinajstić information content (AvgIpc) is 2.97. The van der Waals surface area contributed by atoms with Crippen LogP contribution in [-0.2, 0) is 9.63 Å². The van der Waals surface area contributed by atoms with Crippen molar-refractivity contribution in [2.45, 2.75) is 44.8 Å². The van der Waals surface area contributed by atoms with Crippen molar-refractivity contribution in [2.24, 2.45) is 0 Å². The van der Waals surface area contributed by atoms with Crippen LogP contribution in [0.4, 0.5) is 0 Å². The van der Waals surface area contributed by atoms with Crippen molar-refractivity contribution < 1.29 is 14.7 Å². The molecule has 1 saturated heterocycles. The molecule has 1 rings (SSSR count). The van der Waals surface area contributed by atoms with E-state index in [0.717, 1.165) is 18.4 Å². The fourth-order valence-corrected chi connectivity index (χ4v) is 2.07. The number of rotatable bonds is 8. The van der Waals surface area contributed by atoms with Gasteiger partial charge in [-0.1, -0.05) is 63.5 Å². The number of carboxylic acids is 1. The van der Waals surface area contributed by atoms with E-state index in [2.05, 4.69) is 25.2 Å². The molecule has 1 heterocycles. The molecule has 1 fully saturated rings. The number of unbranched alkanes of at least 4 members (excludes halogenated alkanes) is 1. The smallest absolute Gasteiger partial charge is 0.323 e. The maximum Gasteiger partial charge on any atom is 0.323 e. The third-order valence-electron chi connectivity index (χ3n) is 3.12. The van der Waals surface area contributed by atoms with Gasteiger partial charge in [0.25, 0.3) is 0 Å². The SMILES string of the molecule is C=C/C=C(\C=C)C1(/C=C/CCC=C)CC(C(=O)O)NO1.CC. The van der Waals surface area contributed by atoms with Gasteiger partial charge >= 0.3 is 5.97 Å². The fraction of sp³-hybridized carbons (Fsp3) is 0.389. The van der Waals surface area contributed by atoms with Crippen LogP contribution in [0.15, 0.2) is 61.8 Å². The predicted molar refractivity (Wildman–Crippen MR) is 91.4 cm³/mol. The Labute approximate surface area is 133 Å². The van der Waals surface area contributed by atoms with E-state index in [1.54, 1.807) is 18.2 Å². The monoisotopic (exact) mass is 305 g/mol. The number of hydrogen-bond acceptors (Lipinski definition) is 3. The molecule has 0 aromatic carbocycles. The second-order valence-corrected chi connectivity index (χ2v) is 4.53. The molecule has 0 spiro atoms. The van der Waals surface area contributed by atoms with Crippen LogP contribution in [0.1, 0.15) is 33.1 Å². The lowest BCUT2D eigenvalue weighted by molar-refractivity contribution is -0.140. The van der Waals surface area contributed by atoms with Gasteiger partial charge in [-0.3, -0.25) is 9.63 Å². The molecular formula is C18H27NO3. The molecule has 2 atom stereocenters. The van der Waals surface area contributed by atoms with Gasteiger partial charge < -0.3 is 5.11 Å². The lowest BCUT2D eigenvalue weighted by atomic mass is 9.87. The number of hydrogen-bond donors (Lipinski definition) is 2. The summed E-state index contributed by atoms with van der Waals surface area (Å²) in [5.74, 6) is -0.937. The Balaban J connectivity index is 0.00000211. The van der Waals surface area contributed by atoms with Gasteiger partial charge in [0, 0.05) is 6.42 Å². The van der Waals surface area contributed by atoms with E-state index < -0.39 is 17.6 Å². The van der Waals surface area contributed by atoms with Crippen LogP contribution in [-0.4, -0.2) is 22.7 Å². The predicted octanol–water partition coefficient (Wildman–Crippen LogP) is 3.95. The molecule has 4 heteroatoms. The molecule has 0 aromatic rings. The Morgan fingerprint density at radius 2 is 2.05 bits per heavy atom. The minimum Gasteiger partial charge on any atom is -0.480 e. The summed E-state index contributed by atoms with van der Waals surface area (Å²) in [6.45, 7) is 15.1. The molecule has 1 aliphatic rings. The van der Waals surface area contributed by atoms with E-state index in [1.165, 1.54) is 0 Å². The van der Waals surface area contributed by atoms with Crippen LogP contribution < -0.4 is 5.48 Å². The fourth-order valence-electron chi connectivity index (χ4n) is 2.07. The lowest BCUT2D eigenvalue weighted by Gasteiger charge is -2.24. The third kappa shape index (κ3) is 5.47. The normalized spacial score (nSPS) is 24.5. The Morgan fingerprint density at radius 1 is 1.36 bits per heavy atom. The van der Waals surface area contributed by atoms with E-state index in [9.17, 15) is 4.79 Å². The van der Waals surface area contributed by atoms with Crippen molar-refractivity contribution in [1.82, 2.24) is 5.48 Å². The zero-order chi connectivity index (χ0) is 17.0. The van der Waals surface area contributed by atoms with E-state index in [4.69, 9.17) is 9.94 Å². The zero-order valence-corrected chi connectivity index (χ0v) is 13.5. The Kier molecular flexibility index (Phi) is 9.83. The second-order valence-electron chi connectivity index (χ2n) is 4.53. The highest BCUT2D eigenvalue weighted by Gasteiger charge is 2.43. The van der Waals surface area contributed by atoms with Crippen LogP contribution in [0.5, 0.6) is 0 Å². The van der Waals surface area contributed by atoms with Gasteiger partial charge in [-0.05, 0) is 18.4 Å². The Morgan fingerprint density at radius 3 is 2.50 bits per heavy atom. The molecule has 0 aromatic heterocycles. The minimum absolute atomic E-state index is 0.304. The number of allylic oxidation sites excluding steroid dienone is 4. The van der Waals surface area contributed by atoms with Crippen molar-refractivity contribution >= 4 is 5.97 Å². The first-order valence-electron chi connectivity index (χ1n) is 7.50. The number of aliphatic carboxylic acids is 1. The molecule has 0 amide bonds. The highest BCUT2D eigenvalue weighted by Crippen LogP contribution is 2.34. The summed E-state index contributed by atoms with van der Waals surface area (Å²) in [4.78, 5) is 16.7. The summed E-state index contributed by atoms with van der Waals surface area (Å²) in [5, 5.41) is 9.09. The summed E-state index contributed by atoms with van der Waals surface area (Å²) in [5.41, 5.74) is 2.52. The highest BCUT2D eigenvalue weighted by atomic mass is 16.7. The number of hydroxylamine groups is 1. The summed E-state index contributed by atoms with van der Waals surface area (Å²) >= 11 is 0. The largest absolute Gasteiger partial charge is 0.480 e. The summed E-state index contributed by atoms with van der Waals surface area (Å²) in [6, 6.07) is -0.743. The van der Waals surface area contributed by atoms with Crippen LogP contribution in [0.2, 0.25) is 0 Å². The molecule has 2 N–H and O–H groups in total.